The molecule has 2 aromatic carbocycles. The van der Waals surface area contributed by atoms with Crippen LogP contribution < -0.4 is 0 Å². The molecule has 2 atom stereocenters. The number of aliphatic imine (C=N–C) groups is 1. The van der Waals surface area contributed by atoms with E-state index in [0.29, 0.717) is 12.0 Å². The topological polar surface area (TPSA) is 15.6 Å². The minimum absolute atomic E-state index is 0.532. The molecule has 0 saturated carbocycles. The second-order valence-corrected chi connectivity index (χ2v) is 9.37. The zero-order chi connectivity index (χ0) is 19.3. The summed E-state index contributed by atoms with van der Waals surface area (Å²) in [6, 6.07) is 14.1. The van der Waals surface area contributed by atoms with Gasteiger partial charge in [0.1, 0.15) is 0 Å². The van der Waals surface area contributed by atoms with Crippen molar-refractivity contribution in [2.24, 2.45) is 10.9 Å². The van der Waals surface area contributed by atoms with Gasteiger partial charge < -0.3 is 0 Å². The molecule has 2 nitrogen and oxygen atoms in total. The highest BCUT2D eigenvalue weighted by molar-refractivity contribution is 9.10. The molecular weight excluding hydrogens is 408 g/mol. The number of benzene rings is 2. The van der Waals surface area contributed by atoms with E-state index in [1.807, 2.05) is 0 Å². The average molecular weight is 435 g/mol. The Labute approximate surface area is 176 Å². The summed E-state index contributed by atoms with van der Waals surface area (Å²) in [6.45, 7) is 3.50. The molecule has 3 aliphatic rings. The van der Waals surface area contributed by atoms with E-state index in [4.69, 9.17) is 4.99 Å². The van der Waals surface area contributed by atoms with Crippen molar-refractivity contribution in [2.75, 3.05) is 13.6 Å². The summed E-state index contributed by atoms with van der Waals surface area (Å²) in [6.07, 6.45) is 8.24. The van der Waals surface area contributed by atoms with Crippen molar-refractivity contribution in [1.82, 2.24) is 4.90 Å². The van der Waals surface area contributed by atoms with Crippen LogP contribution in [0.15, 0.2) is 51.9 Å². The Kier molecular flexibility index (Phi) is 4.76. The van der Waals surface area contributed by atoms with E-state index in [0.717, 1.165) is 17.3 Å². The molecular formula is C25H27BrN2. The minimum Gasteiger partial charge on any atom is -0.298 e. The monoisotopic (exact) mass is 434 g/mol. The molecule has 1 saturated heterocycles. The maximum atomic E-state index is 5.25. The number of rotatable bonds is 3. The first kappa shape index (κ1) is 18.3. The quantitative estimate of drug-likeness (QED) is 0.470. The molecule has 2 aliphatic heterocycles. The van der Waals surface area contributed by atoms with Crippen LogP contribution >= 0.6 is 15.9 Å². The summed E-state index contributed by atoms with van der Waals surface area (Å²) in [7, 11) is 2.26. The number of likely N-dealkylation sites (tertiary alicyclic amines) is 1. The van der Waals surface area contributed by atoms with Crippen molar-refractivity contribution in [3.63, 3.8) is 0 Å². The molecule has 0 radical (unpaired) electrons. The molecule has 2 aromatic rings. The van der Waals surface area contributed by atoms with Crippen LogP contribution in [-0.4, -0.2) is 30.2 Å². The molecule has 0 spiro atoms. The van der Waals surface area contributed by atoms with Crippen LogP contribution in [-0.2, 0) is 6.42 Å². The molecule has 3 heteroatoms. The van der Waals surface area contributed by atoms with Gasteiger partial charge in [0.15, 0.2) is 0 Å². The Bertz CT molecular complexity index is 988. The molecule has 144 valence electrons. The van der Waals surface area contributed by atoms with Gasteiger partial charge in [-0.15, -0.1) is 0 Å². The number of nitrogens with zero attached hydrogens (tertiary/aromatic N) is 2. The zero-order valence-corrected chi connectivity index (χ0v) is 18.3. The molecule has 0 aromatic heterocycles. The molecule has 2 unspecified atom stereocenters. The Balaban J connectivity index is 1.49. The van der Waals surface area contributed by atoms with Crippen LogP contribution in [0.25, 0.3) is 16.8 Å². The molecule has 0 bridgehead atoms. The van der Waals surface area contributed by atoms with Gasteiger partial charge in [-0.3, -0.25) is 9.89 Å². The predicted octanol–water partition coefficient (Wildman–Crippen LogP) is 6.33. The van der Waals surface area contributed by atoms with Crippen molar-refractivity contribution in [1.29, 1.82) is 0 Å². The van der Waals surface area contributed by atoms with Crippen LogP contribution in [0, 0.1) is 5.92 Å². The summed E-state index contributed by atoms with van der Waals surface area (Å²) in [4.78, 5) is 7.76. The SMILES string of the molecule is CCC1CC=C(c2ccc3c(c2)Cc2cc(Br)ccc2-3)N=C1C1CCCN1C. The van der Waals surface area contributed by atoms with E-state index < -0.39 is 0 Å². The number of allylic oxidation sites excluding steroid dienone is 1. The number of hydrogen-bond acceptors (Lipinski definition) is 2. The molecule has 0 amide bonds. The van der Waals surface area contributed by atoms with Gasteiger partial charge in [0.05, 0.1) is 5.70 Å². The fourth-order valence-electron chi connectivity index (χ4n) is 5.18. The van der Waals surface area contributed by atoms with Gasteiger partial charge in [0, 0.05) is 27.7 Å². The molecule has 5 rings (SSSR count). The van der Waals surface area contributed by atoms with Crippen molar-refractivity contribution in [3.8, 4) is 11.1 Å². The first-order chi connectivity index (χ1) is 13.6. The van der Waals surface area contributed by atoms with Crippen molar-refractivity contribution < 1.29 is 0 Å². The van der Waals surface area contributed by atoms with Crippen molar-refractivity contribution in [3.05, 3.63) is 63.6 Å². The number of halogens is 1. The first-order valence-electron chi connectivity index (χ1n) is 10.5. The lowest BCUT2D eigenvalue weighted by atomic mass is 9.87. The molecule has 1 aliphatic carbocycles. The third kappa shape index (κ3) is 3.09. The van der Waals surface area contributed by atoms with Crippen molar-refractivity contribution >= 4 is 27.3 Å². The normalized spacial score (nSPS) is 24.0. The highest BCUT2D eigenvalue weighted by Gasteiger charge is 2.32. The lowest BCUT2D eigenvalue weighted by Crippen LogP contribution is -2.38. The highest BCUT2D eigenvalue weighted by Crippen LogP contribution is 2.40. The van der Waals surface area contributed by atoms with Gasteiger partial charge in [-0.1, -0.05) is 47.1 Å². The second kappa shape index (κ2) is 7.27. The third-order valence-electron chi connectivity index (χ3n) is 6.76. The largest absolute Gasteiger partial charge is 0.298 e. The van der Waals surface area contributed by atoms with Crippen LogP contribution in [0.5, 0.6) is 0 Å². The summed E-state index contributed by atoms with van der Waals surface area (Å²) < 4.78 is 1.16. The fourth-order valence-corrected chi connectivity index (χ4v) is 5.59. The predicted molar refractivity (Wildman–Crippen MR) is 122 cm³/mol. The van der Waals surface area contributed by atoms with E-state index in [9.17, 15) is 0 Å². The van der Waals surface area contributed by atoms with Gasteiger partial charge in [0.2, 0.25) is 0 Å². The Morgan fingerprint density at radius 1 is 1.11 bits per heavy atom. The van der Waals surface area contributed by atoms with Gasteiger partial charge in [-0.05, 0) is 86.1 Å². The average Bonchev–Trinajstić information content (AvgIpc) is 3.29. The van der Waals surface area contributed by atoms with E-state index >= 15 is 0 Å². The van der Waals surface area contributed by atoms with Crippen LogP contribution in [0.3, 0.4) is 0 Å². The zero-order valence-electron chi connectivity index (χ0n) is 16.7. The highest BCUT2D eigenvalue weighted by atomic mass is 79.9. The summed E-state index contributed by atoms with van der Waals surface area (Å²) in [5, 5.41) is 0. The standard InChI is InChI=1S/C25H27BrN2/c1-3-16-7-11-23(27-25(16)24-5-4-12-28(24)2)17-6-9-21-18(13-17)14-19-15-20(26)8-10-22(19)21/h6,8-11,13,15-16,24H,3-5,7,12,14H2,1-2H3. The van der Waals surface area contributed by atoms with Crippen molar-refractivity contribution in [2.45, 2.75) is 45.1 Å². The lowest BCUT2D eigenvalue weighted by molar-refractivity contribution is 0.362. The van der Waals surface area contributed by atoms with E-state index in [-0.39, 0.29) is 0 Å². The summed E-state index contributed by atoms with van der Waals surface area (Å²) in [5.41, 5.74) is 9.49. The van der Waals surface area contributed by atoms with Crippen LogP contribution in [0.4, 0.5) is 0 Å². The smallest absolute Gasteiger partial charge is 0.0662 e. The maximum Gasteiger partial charge on any atom is 0.0662 e. The van der Waals surface area contributed by atoms with Gasteiger partial charge in [-0.2, -0.15) is 0 Å². The van der Waals surface area contributed by atoms with E-state index in [2.05, 4.69) is 77.3 Å². The number of fused-ring (bicyclic) bond motifs is 3. The van der Waals surface area contributed by atoms with Crippen LogP contribution in [0.2, 0.25) is 0 Å². The van der Waals surface area contributed by atoms with Crippen LogP contribution in [0.1, 0.15) is 49.3 Å². The number of hydrogen-bond donors (Lipinski definition) is 0. The first-order valence-corrected chi connectivity index (χ1v) is 11.3. The lowest BCUT2D eigenvalue weighted by Gasteiger charge is -2.29. The van der Waals surface area contributed by atoms with Gasteiger partial charge in [-0.25, -0.2) is 0 Å². The third-order valence-corrected chi connectivity index (χ3v) is 7.25. The summed E-state index contributed by atoms with van der Waals surface area (Å²) >= 11 is 3.61. The van der Waals surface area contributed by atoms with Gasteiger partial charge in [0.25, 0.3) is 0 Å². The van der Waals surface area contributed by atoms with Gasteiger partial charge >= 0.3 is 0 Å². The molecule has 0 N–H and O–H groups in total. The molecule has 28 heavy (non-hydrogen) atoms. The maximum absolute atomic E-state index is 5.25. The fraction of sp³-hybridized carbons (Fsp3) is 0.400. The Morgan fingerprint density at radius 3 is 2.64 bits per heavy atom. The molecule has 2 heterocycles. The minimum atomic E-state index is 0.532. The van der Waals surface area contributed by atoms with E-state index in [1.165, 1.54) is 65.0 Å². The second-order valence-electron chi connectivity index (χ2n) is 8.46. The van der Waals surface area contributed by atoms with E-state index in [1.54, 1.807) is 0 Å². The Morgan fingerprint density at radius 2 is 1.89 bits per heavy atom. The Hall–Kier alpha value is -1.71. The summed E-state index contributed by atoms with van der Waals surface area (Å²) in [5.74, 6) is 0.602. The molecule has 1 fully saturated rings.